The van der Waals surface area contributed by atoms with Gasteiger partial charge in [0.15, 0.2) is 0 Å². The number of esters is 1. The van der Waals surface area contributed by atoms with Crippen molar-refractivity contribution in [2.45, 2.75) is 13.0 Å². The number of carbonyl (C=O) groups excluding carboxylic acids is 1. The van der Waals surface area contributed by atoms with Crippen molar-refractivity contribution in [2.75, 3.05) is 7.11 Å². The molecule has 5 heteroatoms. The van der Waals surface area contributed by atoms with Gasteiger partial charge in [0.2, 0.25) is 0 Å². The van der Waals surface area contributed by atoms with Gasteiger partial charge in [0.1, 0.15) is 6.10 Å². The first-order chi connectivity index (χ1) is 7.06. The number of hydrogen-bond acceptors (Lipinski definition) is 4. The lowest BCUT2D eigenvalue weighted by Gasteiger charge is -2.15. The molecule has 0 amide bonds. The van der Waals surface area contributed by atoms with Crippen molar-refractivity contribution in [3.63, 3.8) is 0 Å². The van der Waals surface area contributed by atoms with Crippen LogP contribution in [0, 0.1) is 5.92 Å². The molecular formula is C10H12BrNO3. The third kappa shape index (κ3) is 3.00. The van der Waals surface area contributed by atoms with Crippen LogP contribution in [0.4, 0.5) is 0 Å². The number of pyridine rings is 1. The molecule has 0 aromatic carbocycles. The minimum absolute atomic E-state index is 0.452. The lowest BCUT2D eigenvalue weighted by molar-refractivity contribution is -0.148. The third-order valence-corrected chi connectivity index (χ3v) is 2.57. The first kappa shape index (κ1) is 12.1. The molecule has 2 unspecified atom stereocenters. The van der Waals surface area contributed by atoms with Crippen LogP contribution in [0.1, 0.15) is 18.7 Å². The normalized spacial score (nSPS) is 14.4. The van der Waals surface area contributed by atoms with E-state index in [-0.39, 0.29) is 0 Å². The van der Waals surface area contributed by atoms with E-state index in [0.29, 0.717) is 5.69 Å². The number of aliphatic hydroxyl groups excluding tert-OH is 1. The zero-order valence-corrected chi connectivity index (χ0v) is 10.1. The Morgan fingerprint density at radius 3 is 2.73 bits per heavy atom. The van der Waals surface area contributed by atoms with Gasteiger partial charge in [-0.15, -0.1) is 0 Å². The average molecular weight is 274 g/mol. The highest BCUT2D eigenvalue weighted by molar-refractivity contribution is 9.10. The summed E-state index contributed by atoms with van der Waals surface area (Å²) in [4.78, 5) is 15.2. The summed E-state index contributed by atoms with van der Waals surface area (Å²) in [6.07, 6.45) is 0.633. The topological polar surface area (TPSA) is 59.4 Å². The Balaban J connectivity index is 2.80. The summed E-state index contributed by atoms with van der Waals surface area (Å²) in [5.74, 6) is -1.07. The van der Waals surface area contributed by atoms with Gasteiger partial charge < -0.3 is 9.84 Å². The minimum Gasteiger partial charge on any atom is -0.469 e. The van der Waals surface area contributed by atoms with Gasteiger partial charge in [-0.2, -0.15) is 0 Å². The lowest BCUT2D eigenvalue weighted by Crippen LogP contribution is -2.21. The van der Waals surface area contributed by atoms with Crippen molar-refractivity contribution >= 4 is 21.9 Å². The molecule has 0 aliphatic carbocycles. The molecule has 1 heterocycles. The molecule has 82 valence electrons. The smallest absolute Gasteiger partial charge is 0.311 e. The summed E-state index contributed by atoms with van der Waals surface area (Å²) >= 11 is 3.24. The van der Waals surface area contributed by atoms with E-state index >= 15 is 0 Å². The van der Waals surface area contributed by atoms with Gasteiger partial charge in [-0.1, -0.05) is 0 Å². The van der Waals surface area contributed by atoms with Gasteiger partial charge in [-0.25, -0.2) is 0 Å². The van der Waals surface area contributed by atoms with Crippen molar-refractivity contribution in [1.82, 2.24) is 4.98 Å². The number of hydrogen-bond donors (Lipinski definition) is 1. The van der Waals surface area contributed by atoms with E-state index in [2.05, 4.69) is 25.7 Å². The van der Waals surface area contributed by atoms with Crippen molar-refractivity contribution in [1.29, 1.82) is 0 Å². The number of aliphatic hydroxyl groups is 1. The largest absolute Gasteiger partial charge is 0.469 e. The maximum Gasteiger partial charge on any atom is 0.311 e. The zero-order chi connectivity index (χ0) is 11.4. The Morgan fingerprint density at radius 1 is 1.60 bits per heavy atom. The van der Waals surface area contributed by atoms with E-state index in [1.54, 1.807) is 25.3 Å². The summed E-state index contributed by atoms with van der Waals surface area (Å²) in [5, 5.41) is 9.80. The highest BCUT2D eigenvalue weighted by Crippen LogP contribution is 2.21. The Kier molecular flexibility index (Phi) is 4.23. The quantitative estimate of drug-likeness (QED) is 0.852. The second-order valence-corrected chi connectivity index (χ2v) is 4.07. The summed E-state index contributed by atoms with van der Waals surface area (Å²) in [6, 6.07) is 3.42. The van der Waals surface area contributed by atoms with Crippen LogP contribution in [0.25, 0.3) is 0 Å². The van der Waals surface area contributed by atoms with Gasteiger partial charge in [0.25, 0.3) is 0 Å². The van der Waals surface area contributed by atoms with Crippen molar-refractivity contribution in [3.05, 3.63) is 28.5 Å². The van der Waals surface area contributed by atoms with Crippen LogP contribution in [0.3, 0.4) is 0 Å². The summed E-state index contributed by atoms with van der Waals surface area (Å²) in [5.41, 5.74) is 0.455. The number of nitrogens with zero attached hydrogens (tertiary/aromatic N) is 1. The Labute approximate surface area is 96.4 Å². The molecule has 15 heavy (non-hydrogen) atoms. The molecule has 1 aromatic heterocycles. The Hall–Kier alpha value is -0.940. The molecule has 0 radical (unpaired) electrons. The molecule has 0 fully saturated rings. The molecule has 0 bridgehead atoms. The molecule has 2 atom stereocenters. The fourth-order valence-electron chi connectivity index (χ4n) is 1.13. The van der Waals surface area contributed by atoms with Crippen molar-refractivity contribution in [2.24, 2.45) is 5.92 Å². The monoisotopic (exact) mass is 273 g/mol. The molecule has 1 rings (SSSR count). The van der Waals surface area contributed by atoms with Crippen LogP contribution in [0.15, 0.2) is 22.8 Å². The summed E-state index contributed by atoms with van der Waals surface area (Å²) in [6.45, 7) is 1.60. The molecule has 0 saturated heterocycles. The van der Waals surface area contributed by atoms with Crippen molar-refractivity contribution in [3.8, 4) is 0 Å². The van der Waals surface area contributed by atoms with E-state index in [1.807, 2.05) is 0 Å². The molecule has 0 aliphatic rings. The van der Waals surface area contributed by atoms with Gasteiger partial charge in [0, 0.05) is 10.7 Å². The summed E-state index contributed by atoms with van der Waals surface area (Å²) in [7, 11) is 1.29. The maximum absolute atomic E-state index is 11.2. The molecular weight excluding hydrogens is 262 g/mol. The van der Waals surface area contributed by atoms with Crippen LogP contribution in [0.5, 0.6) is 0 Å². The SMILES string of the molecule is COC(=O)C(C)C(O)c1ccc(Br)cn1. The number of rotatable bonds is 3. The number of halogens is 1. The van der Waals surface area contributed by atoms with E-state index < -0.39 is 18.0 Å². The zero-order valence-electron chi connectivity index (χ0n) is 8.48. The van der Waals surface area contributed by atoms with Gasteiger partial charge in [-0.3, -0.25) is 9.78 Å². The standard InChI is InChI=1S/C10H12BrNO3/c1-6(10(14)15-2)9(13)8-4-3-7(11)5-12-8/h3-6,9,13H,1-2H3. The van der Waals surface area contributed by atoms with Crippen LogP contribution >= 0.6 is 15.9 Å². The highest BCUT2D eigenvalue weighted by Gasteiger charge is 2.24. The van der Waals surface area contributed by atoms with E-state index in [9.17, 15) is 9.90 Å². The van der Waals surface area contributed by atoms with Crippen LogP contribution < -0.4 is 0 Å². The first-order valence-corrected chi connectivity index (χ1v) is 5.23. The fourth-order valence-corrected chi connectivity index (χ4v) is 1.37. The number of carbonyl (C=O) groups is 1. The predicted molar refractivity (Wildman–Crippen MR) is 58.1 cm³/mol. The van der Waals surface area contributed by atoms with Crippen LogP contribution in [0.2, 0.25) is 0 Å². The highest BCUT2D eigenvalue weighted by atomic mass is 79.9. The van der Waals surface area contributed by atoms with Crippen LogP contribution in [-0.2, 0) is 9.53 Å². The number of methoxy groups -OCH3 is 1. The van der Waals surface area contributed by atoms with E-state index in [0.717, 1.165) is 4.47 Å². The van der Waals surface area contributed by atoms with Gasteiger partial charge in [0.05, 0.1) is 18.7 Å². The Bertz CT molecular complexity index is 339. The van der Waals surface area contributed by atoms with Crippen molar-refractivity contribution < 1.29 is 14.6 Å². The average Bonchev–Trinajstić information content (AvgIpc) is 2.27. The third-order valence-electron chi connectivity index (χ3n) is 2.10. The Morgan fingerprint density at radius 2 is 2.27 bits per heavy atom. The molecule has 1 aromatic rings. The minimum atomic E-state index is -0.939. The molecule has 0 aliphatic heterocycles. The molecule has 0 saturated carbocycles. The van der Waals surface area contributed by atoms with E-state index in [4.69, 9.17) is 0 Å². The first-order valence-electron chi connectivity index (χ1n) is 4.43. The lowest BCUT2D eigenvalue weighted by atomic mass is 10.0. The molecule has 0 spiro atoms. The second-order valence-electron chi connectivity index (χ2n) is 3.16. The van der Waals surface area contributed by atoms with Gasteiger partial charge >= 0.3 is 5.97 Å². The van der Waals surface area contributed by atoms with Gasteiger partial charge in [-0.05, 0) is 35.0 Å². The molecule has 4 nitrogen and oxygen atoms in total. The van der Waals surface area contributed by atoms with E-state index in [1.165, 1.54) is 7.11 Å². The summed E-state index contributed by atoms with van der Waals surface area (Å²) < 4.78 is 5.37. The number of ether oxygens (including phenoxy) is 1. The van der Waals surface area contributed by atoms with Crippen LogP contribution in [-0.4, -0.2) is 23.2 Å². The second kappa shape index (κ2) is 5.23. The molecule has 1 N–H and O–H groups in total. The predicted octanol–water partition coefficient (Wildman–Crippen LogP) is 1.69. The maximum atomic E-state index is 11.2. The number of aromatic nitrogens is 1. The fraction of sp³-hybridized carbons (Fsp3) is 0.400.